The first-order chi connectivity index (χ1) is 18.6. The molecule has 0 saturated heterocycles. The molecule has 3 N–H and O–H groups in total. The Bertz CT molecular complexity index is 1330. The fourth-order valence-corrected chi connectivity index (χ4v) is 5.34. The van der Waals surface area contributed by atoms with E-state index in [4.69, 9.17) is 16.7 Å². The zero-order valence-corrected chi connectivity index (χ0v) is 21.9. The first-order valence-electron chi connectivity index (χ1n) is 11.9. The van der Waals surface area contributed by atoms with Crippen LogP contribution in [0.1, 0.15) is 39.4 Å². The molecule has 2 unspecified atom stereocenters. The summed E-state index contributed by atoms with van der Waals surface area (Å²) in [5, 5.41) is 17.3. The van der Waals surface area contributed by atoms with Gasteiger partial charge < -0.3 is 20.5 Å². The van der Waals surface area contributed by atoms with Crippen LogP contribution >= 0.6 is 23.4 Å². The number of nitrogens with one attached hydrogen (secondary N) is 2. The van der Waals surface area contributed by atoms with Gasteiger partial charge in [-0.25, -0.2) is 0 Å². The summed E-state index contributed by atoms with van der Waals surface area (Å²) in [6.45, 7) is 0.0482. The van der Waals surface area contributed by atoms with Crippen LogP contribution in [0.15, 0.2) is 78.2 Å². The number of carboxylic acids is 1. The molecule has 0 spiro atoms. The molecule has 4 rings (SSSR count). The van der Waals surface area contributed by atoms with E-state index in [1.54, 1.807) is 36.0 Å². The van der Waals surface area contributed by atoms with E-state index in [0.29, 0.717) is 17.0 Å². The first-order valence-corrected chi connectivity index (χ1v) is 13.2. The highest BCUT2D eigenvalue weighted by Gasteiger charge is 2.31. The largest absolute Gasteiger partial charge is 0.573 e. The number of hydrogen-bond acceptors (Lipinski definition) is 5. The van der Waals surface area contributed by atoms with E-state index in [2.05, 4.69) is 15.4 Å². The lowest BCUT2D eigenvalue weighted by Crippen LogP contribution is -2.29. The van der Waals surface area contributed by atoms with Crippen LogP contribution in [-0.4, -0.2) is 35.3 Å². The van der Waals surface area contributed by atoms with Gasteiger partial charge in [0.2, 0.25) is 0 Å². The van der Waals surface area contributed by atoms with Crippen LogP contribution in [-0.2, 0) is 11.2 Å². The number of carboxylic acid groups (broad SMARTS) is 1. The predicted octanol–water partition coefficient (Wildman–Crippen LogP) is 6.43. The van der Waals surface area contributed by atoms with Gasteiger partial charge in [-0.1, -0.05) is 35.9 Å². The Morgan fingerprint density at radius 1 is 1.03 bits per heavy atom. The molecule has 11 heteroatoms. The molecule has 39 heavy (non-hydrogen) atoms. The lowest BCUT2D eigenvalue weighted by atomic mass is 9.91. The molecule has 6 nitrogen and oxygen atoms in total. The summed E-state index contributed by atoms with van der Waals surface area (Å²) in [6.07, 6.45) is -4.27. The predicted molar refractivity (Wildman–Crippen MR) is 145 cm³/mol. The molecule has 3 aromatic rings. The van der Waals surface area contributed by atoms with Gasteiger partial charge in [-0.3, -0.25) is 9.59 Å². The van der Waals surface area contributed by atoms with E-state index >= 15 is 0 Å². The first kappa shape index (κ1) is 28.4. The molecule has 1 aliphatic rings. The fraction of sp³-hybridized carbons (Fsp3) is 0.214. The third-order valence-electron chi connectivity index (χ3n) is 5.99. The van der Waals surface area contributed by atoms with E-state index in [9.17, 15) is 22.8 Å². The van der Waals surface area contributed by atoms with Crippen molar-refractivity contribution in [2.45, 2.75) is 30.5 Å². The van der Waals surface area contributed by atoms with Crippen molar-refractivity contribution in [1.29, 1.82) is 0 Å². The van der Waals surface area contributed by atoms with Crippen LogP contribution in [0.2, 0.25) is 5.02 Å². The minimum absolute atomic E-state index is 0.0101. The van der Waals surface area contributed by atoms with Gasteiger partial charge in [0.25, 0.3) is 5.91 Å². The van der Waals surface area contributed by atoms with Gasteiger partial charge in [0.15, 0.2) is 0 Å². The van der Waals surface area contributed by atoms with Gasteiger partial charge in [0.05, 0.1) is 11.8 Å². The normalized spacial score (nSPS) is 15.7. The molecule has 3 aromatic carbocycles. The molecule has 0 fully saturated rings. The topological polar surface area (TPSA) is 87.7 Å². The van der Waals surface area contributed by atoms with Crippen molar-refractivity contribution in [3.8, 4) is 5.75 Å². The smallest absolute Gasteiger partial charge is 0.481 e. The second-order valence-electron chi connectivity index (χ2n) is 8.76. The van der Waals surface area contributed by atoms with E-state index in [1.807, 2.05) is 41.8 Å². The number of ether oxygens (including phenoxy) is 1. The SMILES string of the molecule is O=C(O)CCNC(=O)c1ccc(CC(c2ccc(Cl)cc2)C2NC(c3ccc(OC(F)(F)F)cc3)=CS2)cc1. The minimum atomic E-state index is -4.75. The van der Waals surface area contributed by atoms with Crippen molar-refractivity contribution < 1.29 is 32.6 Å². The fourth-order valence-electron chi connectivity index (χ4n) is 4.09. The molecule has 0 aliphatic carbocycles. The molecular formula is C28H24ClF3N2O4S. The molecule has 1 amide bonds. The van der Waals surface area contributed by atoms with Crippen molar-refractivity contribution >= 4 is 40.9 Å². The molecule has 2 atom stereocenters. The molecule has 1 heterocycles. The standard InChI is InChI=1S/C28H24ClF3N2O4S/c29-21-9-5-18(6-10-21)23(15-17-1-3-20(4-2-17)26(37)33-14-13-25(35)36)27-34-24(16-39-27)19-7-11-22(12-8-19)38-28(30,31)32/h1-12,16,23,27,34H,13-15H2,(H,33,37)(H,35,36). The Morgan fingerprint density at radius 2 is 1.69 bits per heavy atom. The van der Waals surface area contributed by atoms with Crippen LogP contribution in [0.4, 0.5) is 13.2 Å². The molecule has 0 bridgehead atoms. The monoisotopic (exact) mass is 576 g/mol. The van der Waals surface area contributed by atoms with Crippen molar-refractivity contribution in [3.05, 3.63) is 105 Å². The second kappa shape index (κ2) is 12.5. The summed E-state index contributed by atoms with van der Waals surface area (Å²) in [5.74, 6) is -1.62. The second-order valence-corrected chi connectivity index (χ2v) is 10.2. The number of halogens is 4. The van der Waals surface area contributed by atoms with Crippen molar-refractivity contribution in [2.75, 3.05) is 6.54 Å². The van der Waals surface area contributed by atoms with Crippen LogP contribution < -0.4 is 15.4 Å². The number of aliphatic carboxylic acids is 1. The van der Waals surface area contributed by atoms with E-state index in [1.165, 1.54) is 12.1 Å². The van der Waals surface area contributed by atoms with Gasteiger partial charge in [0, 0.05) is 28.7 Å². The summed E-state index contributed by atoms with van der Waals surface area (Å²) in [4.78, 5) is 22.9. The summed E-state index contributed by atoms with van der Waals surface area (Å²) in [5.41, 5.74) is 3.98. The van der Waals surface area contributed by atoms with Gasteiger partial charge in [0.1, 0.15) is 5.75 Å². The third kappa shape index (κ3) is 8.18. The number of amides is 1. The van der Waals surface area contributed by atoms with Gasteiger partial charge >= 0.3 is 12.3 Å². The van der Waals surface area contributed by atoms with Crippen LogP contribution in [0.3, 0.4) is 0 Å². The molecule has 0 radical (unpaired) electrons. The minimum Gasteiger partial charge on any atom is -0.481 e. The maximum absolute atomic E-state index is 12.5. The average molecular weight is 577 g/mol. The van der Waals surface area contributed by atoms with Crippen LogP contribution in [0, 0.1) is 0 Å². The molecule has 1 aliphatic heterocycles. The number of alkyl halides is 3. The number of benzene rings is 3. The number of rotatable bonds is 10. The van der Waals surface area contributed by atoms with E-state index < -0.39 is 12.3 Å². The zero-order chi connectivity index (χ0) is 28.0. The zero-order valence-electron chi connectivity index (χ0n) is 20.4. The Hall–Kier alpha value is -3.63. The molecule has 0 aromatic heterocycles. The summed E-state index contributed by atoms with van der Waals surface area (Å²) < 4.78 is 41.4. The van der Waals surface area contributed by atoms with Crippen molar-refractivity contribution in [3.63, 3.8) is 0 Å². The summed E-state index contributed by atoms with van der Waals surface area (Å²) in [6, 6.07) is 20.4. The average Bonchev–Trinajstić information content (AvgIpc) is 3.37. The van der Waals surface area contributed by atoms with Gasteiger partial charge in [-0.15, -0.1) is 24.9 Å². The Balaban J connectivity index is 1.46. The van der Waals surface area contributed by atoms with Crippen molar-refractivity contribution in [1.82, 2.24) is 10.6 Å². The van der Waals surface area contributed by atoms with E-state index in [0.717, 1.165) is 22.4 Å². The molecular weight excluding hydrogens is 553 g/mol. The number of thioether (sulfide) groups is 1. The lowest BCUT2D eigenvalue weighted by molar-refractivity contribution is -0.274. The number of carbonyl (C=O) groups is 2. The van der Waals surface area contributed by atoms with Crippen LogP contribution in [0.25, 0.3) is 5.70 Å². The lowest BCUT2D eigenvalue weighted by Gasteiger charge is -2.25. The summed E-state index contributed by atoms with van der Waals surface area (Å²) >= 11 is 7.69. The van der Waals surface area contributed by atoms with Gasteiger partial charge in [-0.2, -0.15) is 0 Å². The maximum atomic E-state index is 12.5. The quantitative estimate of drug-likeness (QED) is 0.258. The highest BCUT2D eigenvalue weighted by Crippen LogP contribution is 2.38. The molecule has 0 saturated carbocycles. The third-order valence-corrected chi connectivity index (χ3v) is 7.35. The Kier molecular flexibility index (Phi) is 9.08. The highest BCUT2D eigenvalue weighted by molar-refractivity contribution is 8.03. The van der Waals surface area contributed by atoms with Crippen LogP contribution in [0.5, 0.6) is 5.75 Å². The summed E-state index contributed by atoms with van der Waals surface area (Å²) in [7, 11) is 0. The Morgan fingerprint density at radius 3 is 2.31 bits per heavy atom. The highest BCUT2D eigenvalue weighted by atomic mass is 35.5. The number of carbonyl (C=O) groups excluding carboxylic acids is 1. The maximum Gasteiger partial charge on any atom is 0.573 e. The van der Waals surface area contributed by atoms with Gasteiger partial charge in [-0.05, 0) is 77.1 Å². The number of hydrogen-bond donors (Lipinski definition) is 3. The molecule has 204 valence electrons. The Labute approximate surface area is 232 Å². The van der Waals surface area contributed by atoms with E-state index in [-0.39, 0.29) is 35.9 Å². The van der Waals surface area contributed by atoms with Crippen molar-refractivity contribution in [2.24, 2.45) is 0 Å².